The van der Waals surface area contributed by atoms with Crippen molar-refractivity contribution in [3.63, 3.8) is 0 Å². The molecule has 30 heavy (non-hydrogen) atoms. The van der Waals surface area contributed by atoms with Crippen molar-refractivity contribution >= 4 is 28.3 Å². The first-order valence-electron chi connectivity index (χ1n) is 8.58. The van der Waals surface area contributed by atoms with Crippen molar-refractivity contribution in [2.24, 2.45) is 10.9 Å². The Morgan fingerprint density at radius 3 is 2.43 bits per heavy atom. The fraction of sp³-hybridized carbons (Fsp3) is 0.471. The van der Waals surface area contributed by atoms with Gasteiger partial charge in [-0.25, -0.2) is 4.31 Å². The largest absolute Gasteiger partial charge is 1.00 e. The number of aliphatic imine (C=N–C) groups is 1. The molecule has 0 unspecified atom stereocenters. The summed E-state index contributed by atoms with van der Waals surface area (Å²) in [5.41, 5.74) is 0.751. The zero-order valence-electron chi connectivity index (χ0n) is 16.7. The molecule has 0 bridgehead atoms. The summed E-state index contributed by atoms with van der Waals surface area (Å²) in [5.74, 6) is -2.98. The van der Waals surface area contributed by atoms with E-state index in [1.807, 2.05) is 0 Å². The average Bonchev–Trinajstić information content (AvgIpc) is 2.61. The number of nitrogens with zero attached hydrogens (tertiary/aromatic N) is 2. The van der Waals surface area contributed by atoms with Crippen molar-refractivity contribution in [2.45, 2.75) is 38.7 Å². The molecular formula is C17H21KN2O9S. The second-order valence-electron chi connectivity index (χ2n) is 6.42. The molecule has 1 amide bonds. The molecule has 1 fully saturated rings. The summed E-state index contributed by atoms with van der Waals surface area (Å²) in [4.78, 5) is 26.9. The average molecular weight is 469 g/mol. The third-order valence-electron chi connectivity index (χ3n) is 4.26. The predicted octanol–water partition coefficient (Wildman–Crippen LogP) is -4.13. The number of hydrogen-bond donors (Lipinski definition) is 2. The van der Waals surface area contributed by atoms with Gasteiger partial charge in [0.05, 0.1) is 18.1 Å². The first kappa shape index (κ1) is 27.0. The van der Waals surface area contributed by atoms with Crippen LogP contribution in [0, 0.1) is 5.92 Å². The van der Waals surface area contributed by atoms with Crippen LogP contribution < -0.4 is 56.5 Å². The zero-order valence-corrected chi connectivity index (χ0v) is 20.6. The van der Waals surface area contributed by atoms with E-state index in [9.17, 15) is 28.2 Å². The number of rotatable bonds is 8. The van der Waals surface area contributed by atoms with Crippen LogP contribution in [0.4, 0.5) is 0 Å². The molecule has 2 rings (SSSR count). The summed E-state index contributed by atoms with van der Waals surface area (Å²) in [7, 11) is -4.89. The minimum absolute atomic E-state index is 0. The van der Waals surface area contributed by atoms with Gasteiger partial charge in [0.15, 0.2) is 0 Å². The van der Waals surface area contributed by atoms with Crippen LogP contribution in [0.2, 0.25) is 0 Å². The van der Waals surface area contributed by atoms with E-state index in [2.05, 4.69) is 4.99 Å². The van der Waals surface area contributed by atoms with Crippen LogP contribution in [-0.4, -0.2) is 65.1 Å². The van der Waals surface area contributed by atoms with Crippen molar-refractivity contribution in [3.05, 3.63) is 35.9 Å². The van der Waals surface area contributed by atoms with Gasteiger partial charge in [-0.2, -0.15) is 8.42 Å². The predicted molar refractivity (Wildman–Crippen MR) is 96.4 cm³/mol. The fourth-order valence-electron chi connectivity index (χ4n) is 2.92. The van der Waals surface area contributed by atoms with Crippen LogP contribution in [0.3, 0.4) is 0 Å². The molecule has 1 aromatic carbocycles. The van der Waals surface area contributed by atoms with Crippen LogP contribution >= 0.6 is 0 Å². The number of aliphatic hydroxyl groups excluding tert-OH is 1. The van der Waals surface area contributed by atoms with E-state index in [1.54, 1.807) is 30.3 Å². The van der Waals surface area contributed by atoms with Crippen molar-refractivity contribution in [2.75, 3.05) is 6.54 Å². The Labute approximate surface area is 216 Å². The molecule has 1 aromatic rings. The second-order valence-corrected chi connectivity index (χ2v) is 7.71. The number of amides is 1. The standard InChI is InChI=1S/C17H22N2O9S.K/c1-10(20)14-15(19(16(14)22)29(24,25)26)11(2)28-17(23)18-8-13(21)27-9-12-6-4-3-5-7-12;/h3-7,10-11,14-15,20H,8-9H2,1-2H3,(H,18,23)(H,24,25,26);/q;+1/p-1/t10-,11+,14-,15-;/m1./s1. The fourth-order valence-corrected chi connectivity index (χ4v) is 3.88. The number of carbonyl (C=O) groups excluding carboxylic acids is 2. The molecule has 13 heteroatoms. The van der Waals surface area contributed by atoms with Crippen molar-refractivity contribution < 1.29 is 93.6 Å². The molecule has 0 radical (unpaired) electrons. The van der Waals surface area contributed by atoms with Crippen molar-refractivity contribution in [1.82, 2.24) is 4.31 Å². The van der Waals surface area contributed by atoms with Gasteiger partial charge in [-0.1, -0.05) is 37.3 Å². The maximum Gasteiger partial charge on any atom is 1.00 e. The normalized spacial score (nSPS) is 21.1. The van der Waals surface area contributed by atoms with Crippen molar-refractivity contribution in [3.8, 4) is 0 Å². The monoisotopic (exact) mass is 468 g/mol. The Morgan fingerprint density at radius 2 is 1.90 bits per heavy atom. The van der Waals surface area contributed by atoms with Gasteiger partial charge in [-0.05, 0) is 12.5 Å². The smallest absolute Gasteiger partial charge is 0.595 e. The number of benzene rings is 1. The van der Waals surface area contributed by atoms with E-state index < -0.39 is 59.0 Å². The molecule has 11 nitrogen and oxygen atoms in total. The molecule has 1 aliphatic rings. The number of ether oxygens (including phenoxy) is 2. The third-order valence-corrected chi connectivity index (χ3v) is 5.18. The molecule has 2 N–H and O–H groups in total. The van der Waals surface area contributed by atoms with E-state index in [4.69, 9.17) is 14.0 Å². The summed E-state index contributed by atoms with van der Waals surface area (Å²) in [5, 5.41) is 21.5. The summed E-state index contributed by atoms with van der Waals surface area (Å²) in [6, 6.07) is 7.54. The Hall–Kier alpha value is -1.06. The van der Waals surface area contributed by atoms with Gasteiger partial charge < -0.3 is 19.7 Å². The minimum atomic E-state index is -4.89. The molecule has 4 atom stereocenters. The SMILES string of the molecule is C[C@H](OC([O-])=NCC(=O)OCc1ccccc1)[C@@H]1[C@@H]([C@@H](C)O)C(=O)N1S(=O)(=O)O.[K+]. The van der Waals surface area contributed by atoms with Crippen LogP contribution in [-0.2, 0) is 36.0 Å². The zero-order chi connectivity index (χ0) is 21.8. The first-order chi connectivity index (χ1) is 13.5. The Bertz CT molecular complexity index is 876. The molecule has 0 aromatic heterocycles. The molecule has 1 heterocycles. The van der Waals surface area contributed by atoms with Crippen LogP contribution in [0.5, 0.6) is 0 Å². The molecule has 0 saturated carbocycles. The summed E-state index contributed by atoms with van der Waals surface area (Å²) in [6.45, 7) is 1.92. The van der Waals surface area contributed by atoms with Gasteiger partial charge in [0.25, 0.3) is 0 Å². The number of hydrogen-bond acceptors (Lipinski definition) is 9. The number of β-lactam (4-membered cyclic amide) rings is 1. The molecular weight excluding hydrogens is 447 g/mol. The molecule has 1 aliphatic heterocycles. The molecule has 1 saturated heterocycles. The maximum atomic E-state index is 11.9. The van der Waals surface area contributed by atoms with E-state index in [0.29, 0.717) is 0 Å². The van der Waals surface area contributed by atoms with E-state index in [-0.39, 0.29) is 62.3 Å². The second kappa shape index (κ2) is 11.5. The summed E-state index contributed by atoms with van der Waals surface area (Å²) in [6.07, 6.45) is -3.66. The number of carbonyl (C=O) groups is 2. The Kier molecular flexibility index (Phi) is 10.4. The van der Waals surface area contributed by atoms with Gasteiger partial charge in [-0.15, -0.1) is 0 Å². The maximum absolute atomic E-state index is 11.9. The molecule has 0 aliphatic carbocycles. The van der Waals surface area contributed by atoms with Crippen LogP contribution in [0.15, 0.2) is 35.3 Å². The summed E-state index contributed by atoms with van der Waals surface area (Å²) < 4.78 is 41.9. The van der Waals surface area contributed by atoms with Gasteiger partial charge >= 0.3 is 67.7 Å². The minimum Gasteiger partial charge on any atom is -0.595 e. The third kappa shape index (κ3) is 6.98. The Morgan fingerprint density at radius 1 is 1.30 bits per heavy atom. The molecule has 0 spiro atoms. The first-order valence-corrected chi connectivity index (χ1v) is 9.98. The van der Waals surface area contributed by atoms with Gasteiger partial charge in [0.1, 0.15) is 19.2 Å². The van der Waals surface area contributed by atoms with Crippen LogP contribution in [0.25, 0.3) is 0 Å². The summed E-state index contributed by atoms with van der Waals surface area (Å²) >= 11 is 0. The van der Waals surface area contributed by atoms with Crippen LogP contribution in [0.1, 0.15) is 19.4 Å². The quantitative estimate of drug-likeness (QED) is 0.0962. The van der Waals surface area contributed by atoms with Gasteiger partial charge in [-0.3, -0.25) is 19.1 Å². The Balaban J connectivity index is 0.00000450. The van der Waals surface area contributed by atoms with Crippen molar-refractivity contribution in [1.29, 1.82) is 0 Å². The topological polar surface area (TPSA) is 166 Å². The molecule has 160 valence electrons. The van der Waals surface area contributed by atoms with E-state index >= 15 is 0 Å². The van der Waals surface area contributed by atoms with Gasteiger partial charge in [0.2, 0.25) is 5.91 Å². The van der Waals surface area contributed by atoms with Gasteiger partial charge in [0, 0.05) is 6.10 Å². The van der Waals surface area contributed by atoms with E-state index in [1.165, 1.54) is 13.8 Å². The number of aliphatic hydroxyl groups is 1. The number of esters is 1. The van der Waals surface area contributed by atoms with E-state index in [0.717, 1.165) is 5.56 Å².